The van der Waals surface area contributed by atoms with Crippen LogP contribution < -0.4 is 4.90 Å². The van der Waals surface area contributed by atoms with Gasteiger partial charge in [-0.1, -0.05) is 42.5 Å². The molecule has 5 heteroatoms. The first-order chi connectivity index (χ1) is 12.8. The summed E-state index contributed by atoms with van der Waals surface area (Å²) >= 11 is 0. The zero-order chi connectivity index (χ0) is 17.8. The highest BCUT2D eigenvalue weighted by atomic mass is 16.3. The van der Waals surface area contributed by atoms with Crippen LogP contribution in [0.3, 0.4) is 0 Å². The number of nitrogens with one attached hydrogen (secondary N) is 1. The van der Waals surface area contributed by atoms with E-state index in [-0.39, 0.29) is 5.91 Å². The van der Waals surface area contributed by atoms with Crippen molar-refractivity contribution in [2.24, 2.45) is 0 Å². The summed E-state index contributed by atoms with van der Waals surface area (Å²) in [4.78, 5) is 21.8. The lowest BCUT2D eigenvalue weighted by molar-refractivity contribution is 0.0984. The van der Waals surface area contributed by atoms with Crippen LogP contribution in [0.25, 0.3) is 11.1 Å². The van der Waals surface area contributed by atoms with Crippen molar-refractivity contribution in [2.45, 2.75) is 6.54 Å². The number of benzene rings is 2. The summed E-state index contributed by atoms with van der Waals surface area (Å²) in [7, 11) is 0. The molecule has 0 aliphatic heterocycles. The molecule has 26 heavy (non-hydrogen) atoms. The van der Waals surface area contributed by atoms with E-state index in [1.807, 2.05) is 42.5 Å². The number of nitrogens with zero attached hydrogens (tertiary/aromatic N) is 2. The average molecular weight is 343 g/mol. The molecule has 0 radical (unpaired) electrons. The smallest absolute Gasteiger partial charge is 0.261 e. The SMILES string of the molecule is O=C(c1ccoc1)N(Cc1cnc[nH]1)c1cccc(-c2ccccc2)c1. The van der Waals surface area contributed by atoms with Crippen molar-refractivity contribution in [1.82, 2.24) is 9.97 Å². The Balaban J connectivity index is 1.73. The number of furan rings is 1. The number of carbonyl (C=O) groups excluding carboxylic acids is 1. The van der Waals surface area contributed by atoms with E-state index in [0.29, 0.717) is 12.1 Å². The van der Waals surface area contributed by atoms with Crippen LogP contribution in [0.1, 0.15) is 16.1 Å². The molecule has 0 fully saturated rings. The second kappa shape index (κ2) is 7.11. The lowest BCUT2D eigenvalue weighted by Gasteiger charge is -2.22. The summed E-state index contributed by atoms with van der Waals surface area (Å²) in [5.74, 6) is -0.126. The van der Waals surface area contributed by atoms with Crippen LogP contribution in [0.5, 0.6) is 0 Å². The van der Waals surface area contributed by atoms with E-state index < -0.39 is 0 Å². The van der Waals surface area contributed by atoms with Crippen LogP contribution in [-0.4, -0.2) is 15.9 Å². The number of hydrogen-bond donors (Lipinski definition) is 1. The Kier molecular flexibility index (Phi) is 4.35. The molecule has 0 saturated heterocycles. The van der Waals surface area contributed by atoms with Crippen LogP contribution in [0.2, 0.25) is 0 Å². The standard InChI is InChI=1S/C21H17N3O2/c25-21(18-9-10-26-14-18)24(13-19-12-22-15-23-19)20-8-4-7-17(11-20)16-5-2-1-3-6-16/h1-12,14-15H,13H2,(H,22,23). The van der Waals surface area contributed by atoms with Gasteiger partial charge in [-0.2, -0.15) is 0 Å². The van der Waals surface area contributed by atoms with E-state index in [4.69, 9.17) is 4.42 Å². The quantitative estimate of drug-likeness (QED) is 0.580. The molecule has 5 nitrogen and oxygen atoms in total. The molecule has 1 amide bonds. The molecule has 2 aromatic carbocycles. The van der Waals surface area contributed by atoms with Gasteiger partial charge in [-0.25, -0.2) is 4.98 Å². The Hall–Kier alpha value is -3.60. The number of carbonyl (C=O) groups is 1. The van der Waals surface area contributed by atoms with E-state index in [1.165, 1.54) is 12.5 Å². The van der Waals surface area contributed by atoms with Crippen molar-refractivity contribution in [1.29, 1.82) is 0 Å². The lowest BCUT2D eigenvalue weighted by Crippen LogP contribution is -2.30. The molecule has 0 aliphatic rings. The van der Waals surface area contributed by atoms with Gasteiger partial charge in [0, 0.05) is 11.9 Å². The molecule has 4 aromatic rings. The third-order valence-electron chi connectivity index (χ3n) is 4.16. The summed E-state index contributed by atoms with van der Waals surface area (Å²) in [6, 6.07) is 19.7. The van der Waals surface area contributed by atoms with Crippen molar-refractivity contribution in [3.05, 3.63) is 97.0 Å². The zero-order valence-corrected chi connectivity index (χ0v) is 14.0. The first kappa shape index (κ1) is 15.9. The van der Waals surface area contributed by atoms with E-state index in [0.717, 1.165) is 22.5 Å². The van der Waals surface area contributed by atoms with Crippen LogP contribution in [0.4, 0.5) is 5.69 Å². The average Bonchev–Trinajstić information content (AvgIpc) is 3.40. The minimum atomic E-state index is -0.126. The third kappa shape index (κ3) is 3.28. The summed E-state index contributed by atoms with van der Waals surface area (Å²) in [5, 5.41) is 0. The summed E-state index contributed by atoms with van der Waals surface area (Å²) in [5.41, 5.74) is 4.33. The predicted octanol–water partition coefficient (Wildman–Crippen LogP) is 4.52. The Morgan fingerprint density at radius 1 is 1.04 bits per heavy atom. The number of anilines is 1. The monoisotopic (exact) mass is 343 g/mol. The van der Waals surface area contributed by atoms with Crippen molar-refractivity contribution < 1.29 is 9.21 Å². The van der Waals surface area contributed by atoms with E-state index >= 15 is 0 Å². The minimum Gasteiger partial charge on any atom is -0.472 e. The number of hydrogen-bond acceptors (Lipinski definition) is 3. The molecule has 0 bridgehead atoms. The largest absolute Gasteiger partial charge is 0.472 e. The van der Waals surface area contributed by atoms with E-state index in [9.17, 15) is 4.79 Å². The summed E-state index contributed by atoms with van der Waals surface area (Å²) < 4.78 is 5.08. The number of H-pyrrole nitrogens is 1. The van der Waals surface area contributed by atoms with Gasteiger partial charge in [0.1, 0.15) is 6.26 Å². The fraction of sp³-hybridized carbons (Fsp3) is 0.0476. The second-order valence-corrected chi connectivity index (χ2v) is 5.90. The van der Waals surface area contributed by atoms with Gasteiger partial charge < -0.3 is 14.3 Å². The van der Waals surface area contributed by atoms with Crippen LogP contribution in [0.15, 0.2) is 90.1 Å². The molecule has 0 unspecified atom stereocenters. The molecular formula is C21H17N3O2. The molecule has 1 N–H and O–H groups in total. The van der Waals surface area contributed by atoms with Gasteiger partial charge in [-0.15, -0.1) is 0 Å². The number of aromatic nitrogens is 2. The fourth-order valence-corrected chi connectivity index (χ4v) is 2.85. The third-order valence-corrected chi connectivity index (χ3v) is 4.16. The number of rotatable bonds is 5. The van der Waals surface area contributed by atoms with Crippen LogP contribution >= 0.6 is 0 Å². The molecule has 4 rings (SSSR count). The van der Waals surface area contributed by atoms with Crippen molar-refractivity contribution in [3.63, 3.8) is 0 Å². The maximum Gasteiger partial charge on any atom is 0.261 e. The van der Waals surface area contributed by atoms with Gasteiger partial charge in [-0.3, -0.25) is 4.79 Å². The molecule has 2 aromatic heterocycles. The molecular weight excluding hydrogens is 326 g/mol. The predicted molar refractivity (Wildman–Crippen MR) is 99.7 cm³/mol. The van der Waals surface area contributed by atoms with Gasteiger partial charge in [0.15, 0.2) is 0 Å². The summed E-state index contributed by atoms with van der Waals surface area (Å²) in [6.45, 7) is 0.391. The fourth-order valence-electron chi connectivity index (χ4n) is 2.85. The molecule has 0 aliphatic carbocycles. The second-order valence-electron chi connectivity index (χ2n) is 5.90. The zero-order valence-electron chi connectivity index (χ0n) is 14.0. The maximum absolute atomic E-state index is 13.0. The normalized spacial score (nSPS) is 10.6. The first-order valence-electron chi connectivity index (χ1n) is 8.28. The number of amides is 1. The molecule has 2 heterocycles. The minimum absolute atomic E-state index is 0.126. The highest BCUT2D eigenvalue weighted by Gasteiger charge is 2.20. The van der Waals surface area contributed by atoms with Crippen molar-refractivity contribution >= 4 is 11.6 Å². The van der Waals surface area contributed by atoms with Gasteiger partial charge in [0.25, 0.3) is 5.91 Å². The maximum atomic E-state index is 13.0. The molecule has 128 valence electrons. The Bertz CT molecular complexity index is 977. The molecule has 0 spiro atoms. The van der Waals surface area contributed by atoms with Gasteiger partial charge >= 0.3 is 0 Å². The summed E-state index contributed by atoms with van der Waals surface area (Å²) in [6.07, 6.45) is 6.29. The molecule has 0 saturated carbocycles. The number of aromatic amines is 1. The highest BCUT2D eigenvalue weighted by molar-refractivity contribution is 6.06. The van der Waals surface area contributed by atoms with Crippen molar-refractivity contribution in [2.75, 3.05) is 4.90 Å². The van der Waals surface area contributed by atoms with Crippen LogP contribution in [0, 0.1) is 0 Å². The van der Waals surface area contributed by atoms with Gasteiger partial charge in [0.05, 0.1) is 30.4 Å². The Morgan fingerprint density at radius 2 is 1.88 bits per heavy atom. The van der Waals surface area contributed by atoms with Crippen molar-refractivity contribution in [3.8, 4) is 11.1 Å². The van der Waals surface area contributed by atoms with Gasteiger partial charge in [-0.05, 0) is 29.3 Å². The highest BCUT2D eigenvalue weighted by Crippen LogP contribution is 2.26. The Labute approximate surface area is 150 Å². The number of imidazole rings is 1. The van der Waals surface area contributed by atoms with E-state index in [2.05, 4.69) is 22.1 Å². The van der Waals surface area contributed by atoms with Crippen LogP contribution in [-0.2, 0) is 6.54 Å². The lowest BCUT2D eigenvalue weighted by atomic mass is 10.0. The topological polar surface area (TPSA) is 62.1 Å². The Morgan fingerprint density at radius 3 is 2.62 bits per heavy atom. The molecule has 0 atom stereocenters. The first-order valence-corrected chi connectivity index (χ1v) is 8.28. The van der Waals surface area contributed by atoms with Gasteiger partial charge in [0.2, 0.25) is 0 Å². The van der Waals surface area contributed by atoms with E-state index in [1.54, 1.807) is 23.5 Å².